The van der Waals surface area contributed by atoms with Crippen LogP contribution in [0.2, 0.25) is 0 Å². The van der Waals surface area contributed by atoms with Crippen molar-refractivity contribution in [2.75, 3.05) is 6.61 Å². The molecule has 0 heterocycles. The van der Waals surface area contributed by atoms with E-state index in [0.717, 1.165) is 16.7 Å². The molecule has 0 saturated heterocycles. The summed E-state index contributed by atoms with van der Waals surface area (Å²) < 4.78 is 93.1. The van der Waals surface area contributed by atoms with Crippen LogP contribution in [-0.4, -0.2) is 30.6 Å². The highest BCUT2D eigenvalue weighted by atomic mass is 19.4. The molecule has 1 aliphatic carbocycles. The minimum atomic E-state index is -6.49. The van der Waals surface area contributed by atoms with Crippen molar-refractivity contribution in [2.45, 2.75) is 24.4 Å². The summed E-state index contributed by atoms with van der Waals surface area (Å²) in [6.07, 6.45) is -6.08. The molecule has 154 valence electrons. The van der Waals surface area contributed by atoms with Gasteiger partial charge in [0.05, 0.1) is 5.57 Å². The Morgan fingerprint density at radius 3 is 2.21 bits per heavy atom. The van der Waals surface area contributed by atoms with Gasteiger partial charge in [0.2, 0.25) is 0 Å². The molecule has 0 spiro atoms. The Balaban J connectivity index is 1.79. The molecule has 29 heavy (non-hydrogen) atoms. The summed E-state index contributed by atoms with van der Waals surface area (Å²) in [6, 6.07) is 12.2. The van der Waals surface area contributed by atoms with Gasteiger partial charge in [-0.2, -0.15) is 30.7 Å². The SMILES string of the molecule is C=C(C(=O)OCC(F)(F)C(F)(F)C(F)(F)F)c1cccc2c1Cc1ccccc1-2. The van der Waals surface area contributed by atoms with Crippen molar-refractivity contribution in [3.8, 4) is 11.1 Å². The topological polar surface area (TPSA) is 26.3 Å². The number of fused-ring (bicyclic) bond motifs is 3. The van der Waals surface area contributed by atoms with Crippen molar-refractivity contribution in [3.63, 3.8) is 0 Å². The number of carbonyl (C=O) groups excluding carboxylic acids is 1. The van der Waals surface area contributed by atoms with Gasteiger partial charge in [-0.25, -0.2) is 4.79 Å². The quantitative estimate of drug-likeness (QED) is 0.304. The normalized spacial score (nSPS) is 13.6. The van der Waals surface area contributed by atoms with Gasteiger partial charge in [-0.15, -0.1) is 0 Å². The fourth-order valence-electron chi connectivity index (χ4n) is 3.09. The summed E-state index contributed by atoms with van der Waals surface area (Å²) in [5.74, 6) is -13.5. The zero-order valence-electron chi connectivity index (χ0n) is 14.6. The van der Waals surface area contributed by atoms with Gasteiger partial charge in [0.25, 0.3) is 0 Å². The van der Waals surface area contributed by atoms with E-state index in [4.69, 9.17) is 0 Å². The van der Waals surface area contributed by atoms with Crippen molar-refractivity contribution in [1.82, 2.24) is 0 Å². The number of rotatable bonds is 5. The molecule has 0 atom stereocenters. The first-order valence-corrected chi connectivity index (χ1v) is 8.26. The molecule has 2 aromatic rings. The van der Waals surface area contributed by atoms with Gasteiger partial charge >= 0.3 is 24.0 Å². The van der Waals surface area contributed by atoms with Crippen LogP contribution < -0.4 is 0 Å². The molecule has 9 heteroatoms. The fourth-order valence-corrected chi connectivity index (χ4v) is 3.09. The van der Waals surface area contributed by atoms with Gasteiger partial charge in [0, 0.05) is 0 Å². The second-order valence-electron chi connectivity index (χ2n) is 6.50. The molecule has 0 N–H and O–H groups in total. The van der Waals surface area contributed by atoms with Crippen molar-refractivity contribution in [2.24, 2.45) is 0 Å². The molecule has 3 rings (SSSR count). The standard InChI is InChI=1S/C20H13F7O2/c1-11(17(28)29-10-18(21,22)19(23,24)20(25,26)27)13-7-4-8-15-14-6-3-2-5-12(14)9-16(13)15/h2-8H,1,9-10H2. The van der Waals surface area contributed by atoms with E-state index in [2.05, 4.69) is 11.3 Å². The molecule has 1 aliphatic rings. The molecule has 0 amide bonds. The highest BCUT2D eigenvalue weighted by Gasteiger charge is 2.73. The maximum atomic E-state index is 13.3. The Bertz CT molecular complexity index is 977. The van der Waals surface area contributed by atoms with Crippen LogP contribution >= 0.6 is 0 Å². The van der Waals surface area contributed by atoms with E-state index < -0.39 is 36.2 Å². The van der Waals surface area contributed by atoms with Gasteiger partial charge in [0.15, 0.2) is 6.61 Å². The predicted molar refractivity (Wildman–Crippen MR) is 90.6 cm³/mol. The first kappa shape index (κ1) is 20.9. The van der Waals surface area contributed by atoms with E-state index in [1.807, 2.05) is 24.3 Å². The lowest BCUT2D eigenvalue weighted by atomic mass is 9.96. The molecule has 0 radical (unpaired) electrons. The number of alkyl halides is 7. The van der Waals surface area contributed by atoms with Gasteiger partial charge in [-0.3, -0.25) is 0 Å². The van der Waals surface area contributed by atoms with Crippen LogP contribution in [0.15, 0.2) is 49.0 Å². The third kappa shape index (κ3) is 3.49. The van der Waals surface area contributed by atoms with Gasteiger partial charge in [-0.1, -0.05) is 49.0 Å². The van der Waals surface area contributed by atoms with Crippen molar-refractivity contribution in [3.05, 3.63) is 65.7 Å². The van der Waals surface area contributed by atoms with Crippen molar-refractivity contribution >= 4 is 11.5 Å². The average Bonchev–Trinajstić information content (AvgIpc) is 3.03. The lowest BCUT2D eigenvalue weighted by molar-refractivity contribution is -0.359. The van der Waals surface area contributed by atoms with E-state index in [9.17, 15) is 35.5 Å². The monoisotopic (exact) mass is 418 g/mol. The van der Waals surface area contributed by atoms with E-state index in [0.29, 0.717) is 12.0 Å². The summed E-state index contributed by atoms with van der Waals surface area (Å²) in [6.45, 7) is 1.01. The average molecular weight is 418 g/mol. The molecule has 0 fully saturated rings. The zero-order valence-corrected chi connectivity index (χ0v) is 14.6. The first-order chi connectivity index (χ1) is 13.4. The minimum absolute atomic E-state index is 0.245. The van der Waals surface area contributed by atoms with Gasteiger partial charge in [-0.05, 0) is 34.2 Å². The first-order valence-electron chi connectivity index (χ1n) is 8.26. The second kappa shape index (κ2) is 6.89. The van der Waals surface area contributed by atoms with Crippen molar-refractivity contribution in [1.29, 1.82) is 0 Å². The number of carbonyl (C=O) groups is 1. The van der Waals surface area contributed by atoms with Gasteiger partial charge in [0.1, 0.15) is 0 Å². The summed E-state index contributed by atoms with van der Waals surface area (Å²) in [7, 11) is 0. The molecule has 0 saturated carbocycles. The van der Waals surface area contributed by atoms with E-state index in [1.54, 1.807) is 12.1 Å². The third-order valence-corrected chi connectivity index (χ3v) is 4.62. The Morgan fingerprint density at radius 2 is 1.55 bits per heavy atom. The highest BCUT2D eigenvalue weighted by Crippen LogP contribution is 2.46. The Morgan fingerprint density at radius 1 is 0.931 bits per heavy atom. The molecule has 0 unspecified atom stereocenters. The third-order valence-electron chi connectivity index (χ3n) is 4.62. The Hall–Kier alpha value is -2.84. The number of benzene rings is 2. The summed E-state index contributed by atoms with van der Waals surface area (Å²) in [5, 5.41) is 0. The van der Waals surface area contributed by atoms with Crippen LogP contribution in [0.4, 0.5) is 30.7 Å². The molecule has 0 bridgehead atoms. The highest BCUT2D eigenvalue weighted by molar-refractivity contribution is 6.16. The van der Waals surface area contributed by atoms with Crippen LogP contribution in [0.1, 0.15) is 16.7 Å². The molecular weight excluding hydrogens is 405 g/mol. The molecular formula is C20H13F7O2. The molecule has 0 aliphatic heterocycles. The largest absolute Gasteiger partial charge is 0.460 e. The summed E-state index contributed by atoms with van der Waals surface area (Å²) in [4.78, 5) is 12.1. The lowest BCUT2D eigenvalue weighted by Crippen LogP contribution is -2.54. The maximum Gasteiger partial charge on any atom is 0.460 e. The smallest absolute Gasteiger partial charge is 0.455 e. The summed E-state index contributed by atoms with van der Waals surface area (Å²) in [5.41, 5.74) is 3.12. The van der Waals surface area contributed by atoms with E-state index >= 15 is 0 Å². The number of hydrogen-bond acceptors (Lipinski definition) is 2. The number of hydrogen-bond donors (Lipinski definition) is 0. The number of ether oxygens (including phenoxy) is 1. The minimum Gasteiger partial charge on any atom is -0.455 e. The Kier molecular flexibility index (Phi) is 4.96. The predicted octanol–water partition coefficient (Wildman–Crippen LogP) is 5.65. The lowest BCUT2D eigenvalue weighted by Gasteiger charge is -2.27. The van der Waals surface area contributed by atoms with Crippen molar-refractivity contribution < 1.29 is 40.3 Å². The van der Waals surface area contributed by atoms with Gasteiger partial charge < -0.3 is 4.74 Å². The van der Waals surface area contributed by atoms with E-state index in [1.165, 1.54) is 6.07 Å². The molecule has 2 nitrogen and oxygen atoms in total. The van der Waals surface area contributed by atoms with Crippen LogP contribution in [-0.2, 0) is 16.0 Å². The molecule has 0 aromatic heterocycles. The zero-order chi connectivity index (χ0) is 21.6. The maximum absolute atomic E-state index is 13.3. The summed E-state index contributed by atoms with van der Waals surface area (Å²) >= 11 is 0. The van der Waals surface area contributed by atoms with E-state index in [-0.39, 0.29) is 5.56 Å². The van der Waals surface area contributed by atoms with Crippen LogP contribution in [0.3, 0.4) is 0 Å². The molecule has 2 aromatic carbocycles. The number of esters is 1. The Labute approximate surface area is 160 Å². The second-order valence-corrected chi connectivity index (χ2v) is 6.50. The number of halogens is 7. The van der Waals surface area contributed by atoms with Crippen LogP contribution in [0.5, 0.6) is 0 Å². The van der Waals surface area contributed by atoms with Crippen LogP contribution in [0.25, 0.3) is 16.7 Å². The fraction of sp³-hybridized carbons (Fsp3) is 0.250. The van der Waals surface area contributed by atoms with Crippen LogP contribution in [0, 0.1) is 0 Å².